The lowest BCUT2D eigenvalue weighted by atomic mass is 10.2. The third-order valence-electron chi connectivity index (χ3n) is 2.43. The van der Waals surface area contributed by atoms with Crippen molar-refractivity contribution in [2.45, 2.75) is 12.8 Å². The topological polar surface area (TPSA) is 39.9 Å². The van der Waals surface area contributed by atoms with Gasteiger partial charge in [-0.25, -0.2) is 4.68 Å². The molecule has 0 fully saturated rings. The van der Waals surface area contributed by atoms with E-state index in [1.165, 1.54) is 19.4 Å². The van der Waals surface area contributed by atoms with E-state index in [1.807, 2.05) is 0 Å². The molecule has 0 amide bonds. The maximum Gasteiger partial charge on any atom is 0.419 e. The van der Waals surface area contributed by atoms with Crippen LogP contribution in [0.4, 0.5) is 13.2 Å². The van der Waals surface area contributed by atoms with E-state index < -0.39 is 21.8 Å². The molecule has 0 bridgehead atoms. The summed E-state index contributed by atoms with van der Waals surface area (Å²) in [6, 6.07) is 2.45. The van der Waals surface area contributed by atoms with Gasteiger partial charge < -0.3 is 4.74 Å². The van der Waals surface area contributed by atoms with Gasteiger partial charge in [0, 0.05) is 7.11 Å². The number of benzene rings is 1. The highest BCUT2D eigenvalue weighted by atomic mass is 35.5. The second kappa shape index (κ2) is 5.59. The van der Waals surface area contributed by atoms with Gasteiger partial charge in [-0.1, -0.05) is 28.4 Å². The van der Waals surface area contributed by atoms with Gasteiger partial charge in [-0.2, -0.15) is 13.2 Å². The Balaban J connectivity index is 2.52. The zero-order valence-corrected chi connectivity index (χ0v) is 11.6. The molecule has 1 aromatic heterocycles. The van der Waals surface area contributed by atoms with Crippen molar-refractivity contribution in [3.63, 3.8) is 0 Å². The molecule has 2 rings (SSSR count). The molecular formula is C11H8Cl2F3N3O. The molecule has 4 nitrogen and oxygen atoms in total. The normalized spacial score (nSPS) is 11.9. The maximum atomic E-state index is 12.9. The van der Waals surface area contributed by atoms with E-state index in [0.717, 1.165) is 10.7 Å². The Kier molecular flexibility index (Phi) is 4.22. The monoisotopic (exact) mass is 325 g/mol. The van der Waals surface area contributed by atoms with Gasteiger partial charge >= 0.3 is 6.18 Å². The Labute approximate surface area is 122 Å². The number of hydrogen-bond acceptors (Lipinski definition) is 3. The van der Waals surface area contributed by atoms with Crippen molar-refractivity contribution in [1.29, 1.82) is 0 Å². The minimum Gasteiger partial charge on any atom is -0.378 e. The van der Waals surface area contributed by atoms with Crippen LogP contribution in [0.15, 0.2) is 18.3 Å². The molecule has 0 atom stereocenters. The summed E-state index contributed by atoms with van der Waals surface area (Å²) in [6.07, 6.45) is -3.22. The van der Waals surface area contributed by atoms with Gasteiger partial charge in [0.15, 0.2) is 0 Å². The Bertz CT molecular complexity index is 628. The van der Waals surface area contributed by atoms with E-state index in [9.17, 15) is 13.2 Å². The van der Waals surface area contributed by atoms with Crippen LogP contribution in [0.1, 0.15) is 11.3 Å². The van der Waals surface area contributed by atoms with Crippen molar-refractivity contribution in [1.82, 2.24) is 15.0 Å². The largest absolute Gasteiger partial charge is 0.419 e. The van der Waals surface area contributed by atoms with Gasteiger partial charge in [0.05, 0.1) is 34.1 Å². The van der Waals surface area contributed by atoms with Crippen LogP contribution < -0.4 is 0 Å². The van der Waals surface area contributed by atoms with E-state index in [0.29, 0.717) is 5.69 Å². The number of hydrogen-bond donors (Lipinski definition) is 0. The van der Waals surface area contributed by atoms with Crippen LogP contribution in [0.3, 0.4) is 0 Å². The number of nitrogens with zero attached hydrogens (tertiary/aromatic N) is 3. The molecule has 0 unspecified atom stereocenters. The predicted octanol–water partition coefficient (Wildman–Crippen LogP) is 3.74. The summed E-state index contributed by atoms with van der Waals surface area (Å²) in [4.78, 5) is 0. The van der Waals surface area contributed by atoms with Crippen molar-refractivity contribution < 1.29 is 17.9 Å². The third-order valence-corrected chi connectivity index (χ3v) is 3.13. The Morgan fingerprint density at radius 1 is 1.30 bits per heavy atom. The lowest BCUT2D eigenvalue weighted by Crippen LogP contribution is -2.09. The summed E-state index contributed by atoms with van der Waals surface area (Å²) in [7, 11) is 1.47. The van der Waals surface area contributed by atoms with Gasteiger partial charge in [0.25, 0.3) is 0 Å². The summed E-state index contributed by atoms with van der Waals surface area (Å²) in [5.41, 5.74) is -0.590. The molecule has 0 spiro atoms. The first-order valence-corrected chi connectivity index (χ1v) is 6.06. The lowest BCUT2D eigenvalue weighted by molar-refractivity contribution is -0.137. The first kappa shape index (κ1) is 15.1. The van der Waals surface area contributed by atoms with Crippen molar-refractivity contribution in [2.75, 3.05) is 7.11 Å². The molecule has 1 heterocycles. The van der Waals surface area contributed by atoms with Crippen LogP contribution in [0, 0.1) is 0 Å². The maximum absolute atomic E-state index is 12.9. The van der Waals surface area contributed by atoms with Crippen LogP contribution in [0.2, 0.25) is 10.0 Å². The van der Waals surface area contributed by atoms with Gasteiger partial charge in [-0.15, -0.1) is 5.10 Å². The van der Waals surface area contributed by atoms with Gasteiger partial charge in [-0.05, 0) is 12.1 Å². The minimum absolute atomic E-state index is 0.0400. The molecule has 20 heavy (non-hydrogen) atoms. The fourth-order valence-electron chi connectivity index (χ4n) is 1.61. The van der Waals surface area contributed by atoms with E-state index >= 15 is 0 Å². The number of rotatable bonds is 3. The minimum atomic E-state index is -4.65. The van der Waals surface area contributed by atoms with Crippen molar-refractivity contribution >= 4 is 23.2 Å². The number of aromatic nitrogens is 3. The van der Waals surface area contributed by atoms with Crippen LogP contribution >= 0.6 is 23.2 Å². The molecule has 0 N–H and O–H groups in total. The number of alkyl halides is 3. The van der Waals surface area contributed by atoms with Crippen LogP contribution in [0.5, 0.6) is 0 Å². The fourth-order valence-corrected chi connectivity index (χ4v) is 2.28. The van der Waals surface area contributed by atoms with E-state index in [-0.39, 0.29) is 12.3 Å². The molecular weight excluding hydrogens is 318 g/mol. The van der Waals surface area contributed by atoms with Crippen LogP contribution in [-0.4, -0.2) is 22.1 Å². The summed E-state index contributed by atoms with van der Waals surface area (Å²) in [6.45, 7) is 0.192. The summed E-state index contributed by atoms with van der Waals surface area (Å²) >= 11 is 11.4. The Morgan fingerprint density at radius 3 is 2.60 bits per heavy atom. The van der Waals surface area contributed by atoms with Crippen LogP contribution in [0.25, 0.3) is 5.69 Å². The average Bonchev–Trinajstić information content (AvgIpc) is 2.76. The second-order valence-electron chi connectivity index (χ2n) is 3.84. The van der Waals surface area contributed by atoms with Crippen molar-refractivity contribution in [3.8, 4) is 5.69 Å². The average molecular weight is 326 g/mol. The van der Waals surface area contributed by atoms with E-state index in [2.05, 4.69) is 10.3 Å². The van der Waals surface area contributed by atoms with E-state index in [4.69, 9.17) is 27.9 Å². The summed E-state index contributed by atoms with van der Waals surface area (Å²) in [5.74, 6) is 0. The van der Waals surface area contributed by atoms with E-state index in [1.54, 1.807) is 0 Å². The summed E-state index contributed by atoms with van der Waals surface area (Å²) in [5, 5.41) is 6.47. The molecule has 2 aromatic rings. The second-order valence-corrected chi connectivity index (χ2v) is 4.63. The highest BCUT2D eigenvalue weighted by Gasteiger charge is 2.37. The van der Waals surface area contributed by atoms with Crippen molar-refractivity contribution in [3.05, 3.63) is 39.6 Å². The number of ether oxygens (including phenoxy) is 1. The molecule has 0 saturated carbocycles. The molecule has 9 heteroatoms. The molecule has 0 aliphatic rings. The molecule has 0 radical (unpaired) electrons. The molecule has 0 aliphatic heterocycles. The molecule has 1 aromatic carbocycles. The first-order chi connectivity index (χ1) is 9.34. The Hall–Kier alpha value is -1.31. The number of methoxy groups -OCH3 is 1. The Morgan fingerprint density at radius 2 is 2.00 bits per heavy atom. The molecule has 0 aliphatic carbocycles. The van der Waals surface area contributed by atoms with Gasteiger partial charge in [-0.3, -0.25) is 0 Å². The van der Waals surface area contributed by atoms with Crippen LogP contribution in [-0.2, 0) is 17.5 Å². The third kappa shape index (κ3) is 2.89. The zero-order valence-electron chi connectivity index (χ0n) is 10.1. The first-order valence-electron chi connectivity index (χ1n) is 5.30. The highest BCUT2D eigenvalue weighted by Crippen LogP contribution is 2.41. The lowest BCUT2D eigenvalue weighted by Gasteiger charge is -2.13. The van der Waals surface area contributed by atoms with Gasteiger partial charge in [0.2, 0.25) is 0 Å². The SMILES string of the molecule is COCc1cn(-c2ccc(Cl)c(C(F)(F)F)c2Cl)nn1. The standard InChI is InChI=1S/C11H8Cl2F3N3O/c1-20-5-6-4-19(18-17-6)8-3-2-7(12)9(10(8)13)11(14,15)16/h2-4H,5H2,1H3. The fraction of sp³-hybridized carbons (Fsp3) is 0.273. The smallest absolute Gasteiger partial charge is 0.378 e. The highest BCUT2D eigenvalue weighted by molar-refractivity contribution is 6.37. The number of halogens is 5. The van der Waals surface area contributed by atoms with Gasteiger partial charge in [0.1, 0.15) is 5.69 Å². The molecule has 108 valence electrons. The van der Waals surface area contributed by atoms with Crippen molar-refractivity contribution in [2.24, 2.45) is 0 Å². The summed E-state index contributed by atoms with van der Waals surface area (Å²) < 4.78 is 44.7. The quantitative estimate of drug-likeness (QED) is 0.863. The zero-order chi connectivity index (χ0) is 14.9. The molecule has 0 saturated heterocycles. The predicted molar refractivity (Wildman–Crippen MR) is 67.1 cm³/mol.